The number of nitrogens with zero attached hydrogens (tertiary/aromatic N) is 10. The standard InChI is InChI=1S/C25H27N7.C24H25N7.C2H6/c1-4-20-19(11-17(3)18-10-16(2)12-26-13-18)23(31-30-20)25-28-21-14-27-15-22(24(21)29-25)32-8-6-5-7-9-32;1-3-19-18(13-16(2)17-7-9-25-10-8-17)22(30-29-19)24-27-20-14-26-15-21(23(20)28-24)31-11-5-4-6-12-31;1-2/h4,10-15,30H,3,5-9H2,1-2H3,(H,28,29);3,7-10,13-15,29H,2,4-6,11-12H2,1H3,(H,27,28);1-2H3/b19-11+,20-4+;18-13+,19-3+;. The van der Waals surface area contributed by atoms with Crippen molar-refractivity contribution in [3.8, 4) is 23.0 Å². The molecule has 0 unspecified atom stereocenters. The van der Waals surface area contributed by atoms with Gasteiger partial charge >= 0.3 is 0 Å². The van der Waals surface area contributed by atoms with Crippen LogP contribution in [0.25, 0.3) is 80.6 Å². The third kappa shape index (κ3) is 9.57. The topological polar surface area (TPSA) is 173 Å². The van der Waals surface area contributed by atoms with Gasteiger partial charge in [-0.3, -0.25) is 30.1 Å². The van der Waals surface area contributed by atoms with E-state index in [0.29, 0.717) is 0 Å². The van der Waals surface area contributed by atoms with Gasteiger partial charge < -0.3 is 19.8 Å². The summed E-state index contributed by atoms with van der Waals surface area (Å²) in [7, 11) is 0. The van der Waals surface area contributed by atoms with E-state index in [9.17, 15) is 0 Å². The van der Waals surface area contributed by atoms with E-state index in [0.717, 1.165) is 132 Å². The first-order valence-corrected chi connectivity index (χ1v) is 22.7. The van der Waals surface area contributed by atoms with Crippen molar-refractivity contribution in [2.45, 2.75) is 73.1 Å². The highest BCUT2D eigenvalue weighted by Gasteiger charge is 2.20. The Bertz CT molecular complexity index is 3180. The second-order valence-corrected chi connectivity index (χ2v) is 16.1. The summed E-state index contributed by atoms with van der Waals surface area (Å²) < 4.78 is 0. The van der Waals surface area contributed by atoms with Gasteiger partial charge in [0.1, 0.15) is 22.4 Å². The number of rotatable bonds is 8. The molecule has 2 aliphatic rings. The molecule has 14 nitrogen and oxygen atoms in total. The van der Waals surface area contributed by atoms with Crippen molar-refractivity contribution < 1.29 is 0 Å². The number of allylic oxidation sites excluding steroid dienone is 2. The number of imidazole rings is 2. The second kappa shape index (κ2) is 20.4. The van der Waals surface area contributed by atoms with Gasteiger partial charge in [0.25, 0.3) is 0 Å². The van der Waals surface area contributed by atoms with Gasteiger partial charge in [-0.15, -0.1) is 0 Å². The normalized spacial score (nSPS) is 15.3. The van der Waals surface area contributed by atoms with Crippen molar-refractivity contribution in [1.82, 2.24) is 60.3 Å². The van der Waals surface area contributed by atoms with Crippen LogP contribution in [0.15, 0.2) is 80.9 Å². The highest BCUT2D eigenvalue weighted by molar-refractivity contribution is 5.93. The van der Waals surface area contributed by atoms with Crippen LogP contribution in [0.2, 0.25) is 0 Å². The van der Waals surface area contributed by atoms with E-state index in [1.54, 1.807) is 12.4 Å². The van der Waals surface area contributed by atoms with Crippen LogP contribution in [0.1, 0.15) is 82.9 Å². The summed E-state index contributed by atoms with van der Waals surface area (Å²) in [5.74, 6) is 1.44. The van der Waals surface area contributed by atoms with Crippen molar-refractivity contribution in [3.63, 3.8) is 0 Å². The first-order chi connectivity index (χ1) is 31.9. The lowest BCUT2D eigenvalue weighted by Gasteiger charge is -2.28. The third-order valence-corrected chi connectivity index (χ3v) is 11.8. The molecule has 10 heterocycles. The zero-order valence-corrected chi connectivity index (χ0v) is 38.1. The Morgan fingerprint density at radius 1 is 0.585 bits per heavy atom. The Balaban J connectivity index is 0.000000171. The number of hydrogen-bond acceptors (Lipinski definition) is 10. The van der Waals surface area contributed by atoms with Gasteiger partial charge in [0.2, 0.25) is 0 Å². The smallest absolute Gasteiger partial charge is 0.159 e. The number of fused-ring (bicyclic) bond motifs is 2. The molecular formula is C51H58N14. The average Bonchev–Trinajstić information content (AvgIpc) is 4.18. The molecule has 0 radical (unpaired) electrons. The van der Waals surface area contributed by atoms with Crippen molar-refractivity contribution in [2.75, 3.05) is 36.0 Å². The highest BCUT2D eigenvalue weighted by Crippen LogP contribution is 2.30. The summed E-state index contributed by atoms with van der Waals surface area (Å²) >= 11 is 0. The maximum absolute atomic E-state index is 4.96. The summed E-state index contributed by atoms with van der Waals surface area (Å²) in [6.07, 6.45) is 30.2. The Kier molecular flexibility index (Phi) is 13.8. The number of anilines is 2. The van der Waals surface area contributed by atoms with E-state index in [2.05, 4.69) is 79.3 Å². The number of piperidine rings is 2. The summed E-state index contributed by atoms with van der Waals surface area (Å²) in [5, 5.41) is 19.2. The maximum atomic E-state index is 4.96. The van der Waals surface area contributed by atoms with Crippen molar-refractivity contribution in [1.29, 1.82) is 0 Å². The SMILES string of the molecule is C=C(/C=c1/c(-c2nc3c(N4CCCCC4)cncc3[nH]2)n[nH]/c1=C/C)c1ccncc1.C=C(/C=c1/c(-c2nc3c(N4CCCCC4)cncc3[nH]2)n[nH]/c1=C/C)c1cncc(C)c1.CC. The molecule has 2 aliphatic heterocycles. The molecule has 65 heavy (non-hydrogen) atoms. The number of hydrogen-bond donors (Lipinski definition) is 4. The van der Waals surface area contributed by atoms with E-state index < -0.39 is 0 Å². The molecule has 0 saturated carbocycles. The van der Waals surface area contributed by atoms with Crippen LogP contribution < -0.4 is 30.9 Å². The van der Waals surface area contributed by atoms with Gasteiger partial charge in [0.15, 0.2) is 11.6 Å². The lowest BCUT2D eigenvalue weighted by molar-refractivity contribution is 0.578. The van der Waals surface area contributed by atoms with Crippen LogP contribution in [-0.2, 0) is 0 Å². The summed E-state index contributed by atoms with van der Waals surface area (Å²) in [6, 6.07) is 5.98. The average molecular weight is 867 g/mol. The number of nitrogens with one attached hydrogen (secondary N) is 4. The molecule has 8 aromatic heterocycles. The van der Waals surface area contributed by atoms with Gasteiger partial charge in [-0.05, 0) is 117 Å². The van der Waals surface area contributed by atoms with E-state index in [4.69, 9.17) is 9.97 Å². The largest absolute Gasteiger partial charge is 0.368 e. The summed E-state index contributed by atoms with van der Waals surface area (Å²) in [4.78, 5) is 38.9. The number of aromatic nitrogens is 12. The number of H-pyrrole nitrogens is 4. The molecule has 2 saturated heterocycles. The molecule has 10 rings (SSSR count). The minimum Gasteiger partial charge on any atom is -0.368 e. The van der Waals surface area contributed by atoms with Crippen LogP contribution in [0.5, 0.6) is 0 Å². The van der Waals surface area contributed by atoms with Gasteiger partial charge in [-0.2, -0.15) is 10.2 Å². The fourth-order valence-corrected chi connectivity index (χ4v) is 8.43. The first-order valence-electron chi connectivity index (χ1n) is 22.7. The second-order valence-electron chi connectivity index (χ2n) is 16.1. The van der Waals surface area contributed by atoms with Crippen LogP contribution in [0.4, 0.5) is 11.4 Å². The van der Waals surface area contributed by atoms with Gasteiger partial charge in [-0.1, -0.05) is 39.2 Å². The van der Waals surface area contributed by atoms with Crippen molar-refractivity contribution in [3.05, 3.63) is 119 Å². The minimum absolute atomic E-state index is 0.719. The lowest BCUT2D eigenvalue weighted by Crippen LogP contribution is -2.29. The quantitative estimate of drug-likeness (QED) is 0.121. The molecule has 14 heteroatoms. The Morgan fingerprint density at radius 3 is 1.51 bits per heavy atom. The molecule has 0 aromatic carbocycles. The Morgan fingerprint density at radius 2 is 1.05 bits per heavy atom. The van der Waals surface area contributed by atoms with Gasteiger partial charge in [0, 0.05) is 61.4 Å². The number of pyridine rings is 4. The maximum Gasteiger partial charge on any atom is 0.159 e. The summed E-state index contributed by atoms with van der Waals surface area (Å²) in [5.41, 5.74) is 12.3. The van der Waals surface area contributed by atoms with Crippen molar-refractivity contribution >= 4 is 68.9 Å². The molecule has 8 aromatic rings. The van der Waals surface area contributed by atoms with E-state index in [-0.39, 0.29) is 0 Å². The molecule has 332 valence electrons. The predicted molar refractivity (Wildman–Crippen MR) is 265 cm³/mol. The van der Waals surface area contributed by atoms with Gasteiger partial charge in [-0.25, -0.2) is 9.97 Å². The molecule has 0 amide bonds. The Labute approximate surface area is 378 Å². The zero-order valence-electron chi connectivity index (χ0n) is 38.1. The highest BCUT2D eigenvalue weighted by atomic mass is 15.2. The molecule has 0 aliphatic carbocycles. The summed E-state index contributed by atoms with van der Waals surface area (Å²) in [6.45, 7) is 22.7. The minimum atomic E-state index is 0.719. The molecule has 0 atom stereocenters. The number of aryl methyl sites for hydroxylation is 1. The van der Waals surface area contributed by atoms with E-state index >= 15 is 0 Å². The molecular weight excluding hydrogens is 809 g/mol. The molecule has 2 fully saturated rings. The monoisotopic (exact) mass is 866 g/mol. The lowest BCUT2D eigenvalue weighted by atomic mass is 10.1. The predicted octanol–water partition coefficient (Wildman–Crippen LogP) is 7.39. The van der Waals surface area contributed by atoms with E-state index in [1.807, 2.05) is 108 Å². The van der Waals surface area contributed by atoms with Crippen LogP contribution in [0.3, 0.4) is 0 Å². The van der Waals surface area contributed by atoms with Crippen molar-refractivity contribution in [2.24, 2.45) is 0 Å². The fourth-order valence-electron chi connectivity index (χ4n) is 8.43. The van der Waals surface area contributed by atoms with Crippen LogP contribution in [-0.4, -0.2) is 86.4 Å². The molecule has 0 spiro atoms. The fraction of sp³-hybridized carbons (Fsp3) is 0.294. The Hall–Kier alpha value is -7.48. The van der Waals surface area contributed by atoms with Crippen LogP contribution in [0, 0.1) is 6.92 Å². The first kappa shape index (κ1) is 44.1. The zero-order chi connectivity index (χ0) is 45.3. The molecule has 0 bridgehead atoms. The number of aromatic amines is 4. The molecule has 4 N–H and O–H groups in total. The van der Waals surface area contributed by atoms with Gasteiger partial charge in [0.05, 0.1) is 57.9 Å². The van der Waals surface area contributed by atoms with E-state index in [1.165, 1.54) is 38.5 Å². The van der Waals surface area contributed by atoms with Crippen LogP contribution >= 0.6 is 0 Å². The third-order valence-electron chi connectivity index (χ3n) is 11.8.